The average Bonchev–Trinajstić information content (AvgIpc) is 2.48. The van der Waals surface area contributed by atoms with Crippen LogP contribution in [0.3, 0.4) is 0 Å². The number of rotatable bonds is 5. The highest BCUT2D eigenvalue weighted by atomic mass is 32.2. The van der Waals surface area contributed by atoms with Crippen molar-refractivity contribution < 1.29 is 9.84 Å². The Morgan fingerprint density at radius 2 is 2.46 bits per heavy atom. The molecule has 1 aliphatic heterocycles. The third-order valence-electron chi connectivity index (χ3n) is 2.35. The first-order valence-electron chi connectivity index (χ1n) is 4.76. The summed E-state index contributed by atoms with van der Waals surface area (Å²) in [5.41, 5.74) is 0. The maximum absolute atomic E-state index is 9.40. The first-order chi connectivity index (χ1) is 6.24. The van der Waals surface area contributed by atoms with Crippen LogP contribution >= 0.6 is 11.8 Å². The van der Waals surface area contributed by atoms with Crippen LogP contribution in [0, 0.1) is 0 Å². The third-order valence-corrected chi connectivity index (χ3v) is 3.68. The quantitative estimate of drug-likeness (QED) is 0.685. The van der Waals surface area contributed by atoms with Gasteiger partial charge in [-0.25, -0.2) is 0 Å². The molecule has 0 radical (unpaired) electrons. The number of hydrogen-bond acceptors (Lipinski definition) is 4. The molecule has 0 aliphatic carbocycles. The monoisotopic (exact) mass is 205 g/mol. The van der Waals surface area contributed by atoms with Crippen molar-refractivity contribution in [1.82, 2.24) is 5.32 Å². The highest BCUT2D eigenvalue weighted by Gasteiger charge is 2.23. The van der Waals surface area contributed by atoms with Crippen LogP contribution in [0.5, 0.6) is 0 Å². The fraction of sp³-hybridized carbons (Fsp3) is 1.00. The van der Waals surface area contributed by atoms with Gasteiger partial charge in [0.25, 0.3) is 0 Å². The summed E-state index contributed by atoms with van der Waals surface area (Å²) in [6.07, 6.45) is 0.841. The van der Waals surface area contributed by atoms with Crippen LogP contribution in [0.4, 0.5) is 0 Å². The predicted octanol–water partition coefficient (Wildman–Crippen LogP) is 0.477. The average molecular weight is 205 g/mol. The second kappa shape index (κ2) is 5.86. The van der Waals surface area contributed by atoms with E-state index in [2.05, 4.69) is 12.2 Å². The largest absolute Gasteiger partial charge is 0.389 e. The molecule has 1 rings (SSSR count). The molecule has 1 aliphatic rings. The Bertz CT molecular complexity index is 146. The molecule has 1 fully saturated rings. The van der Waals surface area contributed by atoms with Gasteiger partial charge in [-0.3, -0.25) is 0 Å². The van der Waals surface area contributed by atoms with E-state index < -0.39 is 0 Å². The number of hydrogen-bond donors (Lipinski definition) is 2. The highest BCUT2D eigenvalue weighted by molar-refractivity contribution is 8.00. The lowest BCUT2D eigenvalue weighted by Crippen LogP contribution is -2.39. The fourth-order valence-corrected chi connectivity index (χ4v) is 2.76. The predicted molar refractivity (Wildman–Crippen MR) is 56.2 cm³/mol. The molecule has 1 saturated heterocycles. The molecule has 4 heteroatoms. The number of thioether (sulfide) groups is 1. The molecule has 0 aromatic rings. The zero-order valence-corrected chi connectivity index (χ0v) is 9.14. The number of ether oxygens (including phenoxy) is 1. The maximum atomic E-state index is 9.40. The minimum absolute atomic E-state index is 0.372. The van der Waals surface area contributed by atoms with Gasteiger partial charge in [0, 0.05) is 24.9 Å². The summed E-state index contributed by atoms with van der Waals surface area (Å²) in [7, 11) is 1.61. The molecule has 78 valence electrons. The van der Waals surface area contributed by atoms with Crippen LogP contribution < -0.4 is 5.32 Å². The zero-order chi connectivity index (χ0) is 9.68. The molecule has 0 saturated carbocycles. The van der Waals surface area contributed by atoms with Gasteiger partial charge in [0.2, 0.25) is 0 Å². The van der Waals surface area contributed by atoms with Crippen LogP contribution in [0.1, 0.15) is 13.3 Å². The van der Waals surface area contributed by atoms with E-state index in [4.69, 9.17) is 4.74 Å². The molecule has 0 spiro atoms. The Labute approximate surface area is 84.2 Å². The van der Waals surface area contributed by atoms with Crippen molar-refractivity contribution >= 4 is 11.8 Å². The van der Waals surface area contributed by atoms with Crippen LogP contribution in [-0.2, 0) is 4.74 Å². The molecule has 3 unspecified atom stereocenters. The van der Waals surface area contributed by atoms with Crippen LogP contribution in [0.15, 0.2) is 0 Å². The van der Waals surface area contributed by atoms with Gasteiger partial charge in [-0.1, -0.05) is 6.92 Å². The van der Waals surface area contributed by atoms with Crippen molar-refractivity contribution in [3.8, 4) is 0 Å². The van der Waals surface area contributed by atoms with Gasteiger partial charge in [0.05, 0.1) is 12.7 Å². The lowest BCUT2D eigenvalue weighted by Gasteiger charge is -2.18. The Morgan fingerprint density at radius 3 is 3.00 bits per heavy atom. The van der Waals surface area contributed by atoms with E-state index in [1.807, 2.05) is 11.8 Å². The number of nitrogens with one attached hydrogen (secondary N) is 1. The number of aliphatic hydroxyl groups excluding tert-OH is 1. The highest BCUT2D eigenvalue weighted by Crippen LogP contribution is 2.25. The fourth-order valence-electron chi connectivity index (χ4n) is 1.54. The van der Waals surface area contributed by atoms with Crippen molar-refractivity contribution in [2.75, 3.05) is 26.0 Å². The van der Waals surface area contributed by atoms with Crippen molar-refractivity contribution in [1.29, 1.82) is 0 Å². The van der Waals surface area contributed by atoms with Crippen molar-refractivity contribution in [3.05, 3.63) is 0 Å². The number of methoxy groups -OCH3 is 1. The standard InChI is InChI=1S/C9H19NO2S/c1-7-9(3-4-13-7)10-5-8(11)6-12-2/h7-11H,3-6H2,1-2H3. The Balaban J connectivity index is 2.10. The first-order valence-corrected chi connectivity index (χ1v) is 5.81. The Morgan fingerprint density at radius 1 is 1.69 bits per heavy atom. The van der Waals surface area contributed by atoms with Gasteiger partial charge in [-0.05, 0) is 12.2 Å². The molecule has 0 bridgehead atoms. The summed E-state index contributed by atoms with van der Waals surface area (Å²) >= 11 is 1.99. The molecule has 0 amide bonds. The smallest absolute Gasteiger partial charge is 0.0897 e. The number of aliphatic hydroxyl groups is 1. The summed E-state index contributed by atoms with van der Waals surface area (Å²) in [4.78, 5) is 0. The molecular weight excluding hydrogens is 186 g/mol. The van der Waals surface area contributed by atoms with Crippen LogP contribution in [0.2, 0.25) is 0 Å². The third kappa shape index (κ3) is 3.85. The van der Waals surface area contributed by atoms with Gasteiger partial charge in [0.1, 0.15) is 0 Å². The van der Waals surface area contributed by atoms with Gasteiger partial charge in [-0.15, -0.1) is 0 Å². The topological polar surface area (TPSA) is 41.5 Å². The van der Waals surface area contributed by atoms with E-state index in [0.717, 1.165) is 0 Å². The molecule has 3 nitrogen and oxygen atoms in total. The zero-order valence-electron chi connectivity index (χ0n) is 8.32. The van der Waals surface area contributed by atoms with E-state index in [1.165, 1.54) is 12.2 Å². The van der Waals surface area contributed by atoms with Crippen molar-refractivity contribution in [2.24, 2.45) is 0 Å². The normalized spacial score (nSPS) is 30.7. The van der Waals surface area contributed by atoms with E-state index in [9.17, 15) is 5.11 Å². The summed E-state index contributed by atoms with van der Waals surface area (Å²) in [5.74, 6) is 1.24. The SMILES string of the molecule is COCC(O)CNC1CCSC1C. The lowest BCUT2D eigenvalue weighted by atomic mass is 10.1. The van der Waals surface area contributed by atoms with E-state index in [-0.39, 0.29) is 6.10 Å². The van der Waals surface area contributed by atoms with Crippen LogP contribution in [0.25, 0.3) is 0 Å². The first kappa shape index (κ1) is 11.3. The summed E-state index contributed by atoms with van der Waals surface area (Å²) in [6, 6.07) is 0.566. The minimum atomic E-state index is -0.372. The van der Waals surface area contributed by atoms with Gasteiger partial charge in [-0.2, -0.15) is 11.8 Å². The van der Waals surface area contributed by atoms with Gasteiger partial charge >= 0.3 is 0 Å². The second-order valence-corrected chi connectivity index (χ2v) is 4.97. The molecule has 0 aromatic heterocycles. The Hall–Kier alpha value is 0.230. The molecule has 3 atom stereocenters. The Kier molecular flexibility index (Phi) is 5.09. The summed E-state index contributed by atoms with van der Waals surface area (Å²) in [5, 5.41) is 13.4. The maximum Gasteiger partial charge on any atom is 0.0897 e. The van der Waals surface area contributed by atoms with Gasteiger partial charge < -0.3 is 15.2 Å². The summed E-state index contributed by atoms with van der Waals surface area (Å²) < 4.78 is 4.85. The minimum Gasteiger partial charge on any atom is -0.389 e. The molecular formula is C9H19NO2S. The van der Waals surface area contributed by atoms with E-state index in [1.54, 1.807) is 7.11 Å². The van der Waals surface area contributed by atoms with Crippen molar-refractivity contribution in [2.45, 2.75) is 30.7 Å². The van der Waals surface area contributed by atoms with E-state index in [0.29, 0.717) is 24.4 Å². The molecule has 2 N–H and O–H groups in total. The van der Waals surface area contributed by atoms with Gasteiger partial charge in [0.15, 0.2) is 0 Å². The second-order valence-electron chi connectivity index (χ2n) is 3.49. The van der Waals surface area contributed by atoms with Crippen LogP contribution in [-0.4, -0.2) is 48.5 Å². The molecule has 1 heterocycles. The molecule has 0 aromatic carbocycles. The lowest BCUT2D eigenvalue weighted by molar-refractivity contribution is 0.0628. The van der Waals surface area contributed by atoms with E-state index >= 15 is 0 Å². The molecule has 13 heavy (non-hydrogen) atoms. The van der Waals surface area contributed by atoms with Crippen molar-refractivity contribution in [3.63, 3.8) is 0 Å². The summed E-state index contributed by atoms with van der Waals surface area (Å²) in [6.45, 7) is 3.29.